The summed E-state index contributed by atoms with van der Waals surface area (Å²) in [4.78, 5) is 0. The molecule has 0 aromatic carbocycles. The minimum atomic E-state index is 1.13. The molecule has 0 aromatic rings. The number of hydrogen-bond donors (Lipinski definition) is 0. The van der Waals surface area contributed by atoms with Crippen LogP contribution in [-0.2, 0) is 0 Å². The van der Waals surface area contributed by atoms with E-state index < -0.39 is 0 Å². The van der Waals surface area contributed by atoms with Gasteiger partial charge in [0.25, 0.3) is 0 Å². The van der Waals surface area contributed by atoms with Gasteiger partial charge in [-0.1, -0.05) is 104 Å². The van der Waals surface area contributed by atoms with Gasteiger partial charge >= 0.3 is 29.9 Å². The molecule has 2 heteroatoms. The molecular weight excluding hydrogens is 343 g/mol. The predicted molar refractivity (Wildman–Crippen MR) is 89.3 cm³/mol. The molecule has 0 saturated carbocycles. The minimum absolute atomic E-state index is 1.13. The van der Waals surface area contributed by atoms with E-state index in [0.717, 1.165) is 20.6 Å². The third-order valence-electron chi connectivity index (χ3n) is 3.46. The Kier molecular flexibility index (Phi) is 27.4. The first kappa shape index (κ1) is 21.3. The van der Waals surface area contributed by atoms with E-state index in [1.807, 2.05) is 0 Å². The molecule has 0 rings (SSSR count). The van der Waals surface area contributed by atoms with Gasteiger partial charge in [0.15, 0.2) is 0 Å². The summed E-state index contributed by atoms with van der Waals surface area (Å²) in [7, 11) is 4.17. The fourth-order valence-corrected chi connectivity index (χ4v) is 2.27. The van der Waals surface area contributed by atoms with E-state index in [9.17, 15) is 0 Å². The average molecular weight is 377 g/mol. The molecule has 0 saturated heterocycles. The fraction of sp³-hybridized carbons (Fsp3) is 1.00. The number of unbranched alkanes of at least 4 members (excludes halogenated alkanes) is 13. The predicted octanol–water partition coefficient (Wildman–Crippen LogP) is 6.76. The van der Waals surface area contributed by atoms with Gasteiger partial charge in [0.1, 0.15) is 0 Å². The third kappa shape index (κ3) is 22.2. The van der Waals surface area contributed by atoms with E-state index >= 15 is 0 Å². The zero-order valence-corrected chi connectivity index (χ0v) is 16.5. The maximum absolute atomic E-state index is 4.17. The van der Waals surface area contributed by atoms with Crippen molar-refractivity contribution in [3.63, 3.8) is 0 Å². The van der Waals surface area contributed by atoms with Crippen molar-refractivity contribution in [1.29, 1.82) is 0 Å². The topological polar surface area (TPSA) is 0 Å². The van der Waals surface area contributed by atoms with Gasteiger partial charge < -0.3 is 0 Å². The molecule has 0 aromatic heterocycles. The molecule has 0 nitrogen and oxygen atoms in total. The first-order valence-electron chi connectivity index (χ1n) is 8.12. The molecule has 0 unspecified atom stereocenters. The van der Waals surface area contributed by atoms with Crippen LogP contribution < -0.4 is 0 Å². The van der Waals surface area contributed by atoms with Crippen LogP contribution in [0, 0.1) is 0 Å². The van der Waals surface area contributed by atoms with Crippen LogP contribution in [0.5, 0.6) is 0 Å². The summed E-state index contributed by atoms with van der Waals surface area (Å²) >= 11 is 1.13. The second-order valence-electron chi connectivity index (χ2n) is 5.24. The molecule has 0 aliphatic heterocycles. The Morgan fingerprint density at radius 1 is 0.444 bits per heavy atom. The van der Waals surface area contributed by atoms with Crippen LogP contribution in [0.25, 0.3) is 0 Å². The molecule has 0 bridgehead atoms. The summed E-state index contributed by atoms with van der Waals surface area (Å²) in [5.74, 6) is 0. The SMILES string of the molecule is CCCCCCCCCCCCCCCC.[S]=[Sn]. The Bertz CT molecular complexity index is 114. The van der Waals surface area contributed by atoms with Crippen LogP contribution in [0.2, 0.25) is 0 Å². The van der Waals surface area contributed by atoms with Crippen LogP contribution in [-0.4, -0.2) is 20.6 Å². The third-order valence-corrected chi connectivity index (χ3v) is 3.46. The molecule has 0 atom stereocenters. The van der Waals surface area contributed by atoms with Gasteiger partial charge in [-0.05, 0) is 0 Å². The number of hydrogen-bond acceptors (Lipinski definition) is 1. The molecule has 0 N–H and O–H groups in total. The van der Waals surface area contributed by atoms with Gasteiger partial charge in [-0.3, -0.25) is 0 Å². The van der Waals surface area contributed by atoms with E-state index in [4.69, 9.17) is 0 Å². The fourth-order valence-electron chi connectivity index (χ4n) is 2.27. The van der Waals surface area contributed by atoms with E-state index in [0.29, 0.717) is 0 Å². The van der Waals surface area contributed by atoms with Gasteiger partial charge in [-0.25, -0.2) is 0 Å². The zero-order valence-electron chi connectivity index (χ0n) is 12.8. The Hall–Kier alpha value is 1.02. The van der Waals surface area contributed by atoms with Crippen molar-refractivity contribution in [2.75, 3.05) is 0 Å². The molecule has 0 heterocycles. The van der Waals surface area contributed by atoms with Gasteiger partial charge in [-0.2, -0.15) is 0 Å². The Balaban J connectivity index is 0. The van der Waals surface area contributed by atoms with Crippen LogP contribution in [0.1, 0.15) is 104 Å². The molecule has 0 aliphatic rings. The molecule has 0 spiro atoms. The van der Waals surface area contributed by atoms with Crippen molar-refractivity contribution in [2.45, 2.75) is 104 Å². The van der Waals surface area contributed by atoms with E-state index in [-0.39, 0.29) is 0 Å². The van der Waals surface area contributed by atoms with E-state index in [1.165, 1.54) is 89.9 Å². The normalized spacial score (nSPS) is 9.89. The summed E-state index contributed by atoms with van der Waals surface area (Å²) in [6.07, 6.45) is 20.4. The Labute approximate surface area is 133 Å². The molecule has 18 heavy (non-hydrogen) atoms. The average Bonchev–Trinajstić information content (AvgIpc) is 2.42. The van der Waals surface area contributed by atoms with Crippen LogP contribution in [0.4, 0.5) is 0 Å². The van der Waals surface area contributed by atoms with Crippen molar-refractivity contribution in [1.82, 2.24) is 0 Å². The molecule has 0 aliphatic carbocycles. The Morgan fingerprint density at radius 3 is 0.778 bits per heavy atom. The summed E-state index contributed by atoms with van der Waals surface area (Å²) in [5, 5.41) is 0. The first-order chi connectivity index (χ1) is 8.91. The van der Waals surface area contributed by atoms with Crippen molar-refractivity contribution in [3.05, 3.63) is 0 Å². The summed E-state index contributed by atoms with van der Waals surface area (Å²) in [6.45, 7) is 4.58. The zero-order chi connectivity index (χ0) is 13.9. The van der Waals surface area contributed by atoms with Crippen molar-refractivity contribution < 1.29 is 0 Å². The van der Waals surface area contributed by atoms with E-state index in [1.54, 1.807) is 0 Å². The monoisotopic (exact) mass is 378 g/mol. The van der Waals surface area contributed by atoms with Gasteiger partial charge in [0, 0.05) is 0 Å². The molecule has 108 valence electrons. The standard InChI is InChI=1S/C16H34.S.Sn/c1-3-5-7-9-11-13-15-16-14-12-10-8-6-4-2;;/h3-16H2,1-2H3;;. The second kappa shape index (κ2) is 23.1. The number of rotatable bonds is 13. The summed E-state index contributed by atoms with van der Waals surface area (Å²) < 4.78 is 0. The summed E-state index contributed by atoms with van der Waals surface area (Å²) in [6, 6.07) is 0. The van der Waals surface area contributed by atoms with E-state index in [2.05, 4.69) is 23.1 Å². The van der Waals surface area contributed by atoms with Crippen LogP contribution in [0.15, 0.2) is 0 Å². The quantitative estimate of drug-likeness (QED) is 0.253. The molecule has 0 amide bonds. The van der Waals surface area contributed by atoms with Crippen LogP contribution >= 0.6 is 9.29 Å². The van der Waals surface area contributed by atoms with Crippen molar-refractivity contribution >= 4 is 29.9 Å². The van der Waals surface area contributed by atoms with Crippen molar-refractivity contribution in [3.8, 4) is 0 Å². The molecule has 2 radical (unpaired) electrons. The molecular formula is C16H34SSn. The Morgan fingerprint density at radius 2 is 0.611 bits per heavy atom. The van der Waals surface area contributed by atoms with Gasteiger partial charge in [0.2, 0.25) is 0 Å². The summed E-state index contributed by atoms with van der Waals surface area (Å²) in [5.41, 5.74) is 0. The first-order valence-corrected chi connectivity index (χ1v) is 12.0. The van der Waals surface area contributed by atoms with Gasteiger partial charge in [-0.15, -0.1) is 0 Å². The van der Waals surface area contributed by atoms with Crippen molar-refractivity contribution in [2.24, 2.45) is 0 Å². The van der Waals surface area contributed by atoms with Crippen LogP contribution in [0.3, 0.4) is 0 Å². The second-order valence-corrected chi connectivity index (χ2v) is 5.24. The molecule has 0 fully saturated rings. The maximum atomic E-state index is 4.17. The van der Waals surface area contributed by atoms with Gasteiger partial charge in [0.05, 0.1) is 0 Å².